The summed E-state index contributed by atoms with van der Waals surface area (Å²) >= 11 is 0. The Morgan fingerprint density at radius 3 is 2.62 bits per heavy atom. The van der Waals surface area contributed by atoms with E-state index in [1.54, 1.807) is 12.1 Å². The predicted octanol–water partition coefficient (Wildman–Crippen LogP) is 2.58. The van der Waals surface area contributed by atoms with Crippen LogP contribution >= 0.6 is 0 Å². The number of alkyl halides is 2. The summed E-state index contributed by atoms with van der Waals surface area (Å²) in [4.78, 5) is 0. The Morgan fingerprint density at radius 1 is 1.25 bits per heavy atom. The summed E-state index contributed by atoms with van der Waals surface area (Å²) in [7, 11) is 0. The lowest BCUT2D eigenvalue weighted by molar-refractivity contribution is -0.0890. The van der Waals surface area contributed by atoms with Crippen molar-refractivity contribution < 1.29 is 13.5 Å². The number of nitrogens with two attached hydrogens (primary N) is 1. The molecular formula is C12H15F2NO. The zero-order valence-corrected chi connectivity index (χ0v) is 8.90. The van der Waals surface area contributed by atoms with Gasteiger partial charge in [-0.05, 0) is 25.0 Å². The minimum Gasteiger partial charge on any atom is -0.489 e. The van der Waals surface area contributed by atoms with Crippen LogP contribution in [0.2, 0.25) is 0 Å². The van der Waals surface area contributed by atoms with Crippen LogP contribution in [0, 0.1) is 0 Å². The van der Waals surface area contributed by atoms with Gasteiger partial charge in [0.25, 0.3) is 5.92 Å². The van der Waals surface area contributed by atoms with Crippen LogP contribution in [0.25, 0.3) is 0 Å². The largest absolute Gasteiger partial charge is 0.489 e. The fourth-order valence-electron chi connectivity index (χ4n) is 1.96. The summed E-state index contributed by atoms with van der Waals surface area (Å²) in [5.41, 5.74) is 5.53. The molecule has 0 bridgehead atoms. The van der Waals surface area contributed by atoms with Gasteiger partial charge in [-0.2, -0.15) is 0 Å². The lowest BCUT2D eigenvalue weighted by Crippen LogP contribution is -2.54. The molecule has 0 spiro atoms. The van der Waals surface area contributed by atoms with E-state index in [-0.39, 0.29) is 6.42 Å². The van der Waals surface area contributed by atoms with Gasteiger partial charge >= 0.3 is 0 Å². The lowest BCUT2D eigenvalue weighted by Gasteiger charge is -2.35. The van der Waals surface area contributed by atoms with Crippen molar-refractivity contribution in [2.45, 2.75) is 37.3 Å². The molecule has 2 atom stereocenters. The minimum atomic E-state index is -2.81. The second-order valence-corrected chi connectivity index (χ2v) is 4.15. The van der Waals surface area contributed by atoms with Crippen LogP contribution in [0.4, 0.5) is 8.78 Å². The quantitative estimate of drug-likeness (QED) is 0.842. The van der Waals surface area contributed by atoms with Crippen molar-refractivity contribution in [2.75, 3.05) is 0 Å². The predicted molar refractivity (Wildman–Crippen MR) is 57.6 cm³/mol. The molecule has 1 saturated carbocycles. The van der Waals surface area contributed by atoms with E-state index in [0.29, 0.717) is 18.6 Å². The highest BCUT2D eigenvalue weighted by Crippen LogP contribution is 2.34. The normalized spacial score (nSPS) is 28.7. The summed E-state index contributed by atoms with van der Waals surface area (Å²) in [6, 6.07) is 7.76. The van der Waals surface area contributed by atoms with Crippen LogP contribution < -0.4 is 10.5 Å². The second kappa shape index (κ2) is 4.37. The Labute approximate surface area is 93.4 Å². The van der Waals surface area contributed by atoms with Gasteiger partial charge in [0.2, 0.25) is 0 Å². The fraction of sp³-hybridized carbons (Fsp3) is 0.500. The maximum absolute atomic E-state index is 13.3. The topological polar surface area (TPSA) is 35.2 Å². The van der Waals surface area contributed by atoms with Gasteiger partial charge in [0.1, 0.15) is 17.9 Å². The Morgan fingerprint density at radius 2 is 1.94 bits per heavy atom. The summed E-state index contributed by atoms with van der Waals surface area (Å²) in [5.74, 6) is -2.21. The number of ether oxygens (including phenoxy) is 1. The molecule has 1 fully saturated rings. The molecule has 0 aliphatic heterocycles. The molecule has 0 heterocycles. The molecule has 0 aromatic heterocycles. The smallest absolute Gasteiger partial charge is 0.266 e. The van der Waals surface area contributed by atoms with Crippen LogP contribution in [0.5, 0.6) is 5.75 Å². The number of benzene rings is 1. The highest BCUT2D eigenvalue weighted by atomic mass is 19.3. The number of halogens is 2. The molecule has 1 aromatic rings. The van der Waals surface area contributed by atoms with Crippen molar-refractivity contribution in [1.82, 2.24) is 0 Å². The fourth-order valence-corrected chi connectivity index (χ4v) is 1.96. The monoisotopic (exact) mass is 227 g/mol. The Hall–Kier alpha value is -1.16. The van der Waals surface area contributed by atoms with Gasteiger partial charge < -0.3 is 10.5 Å². The Kier molecular flexibility index (Phi) is 3.10. The van der Waals surface area contributed by atoms with E-state index in [1.165, 1.54) is 0 Å². The second-order valence-electron chi connectivity index (χ2n) is 4.15. The van der Waals surface area contributed by atoms with Crippen molar-refractivity contribution in [3.8, 4) is 5.75 Å². The Bertz CT molecular complexity index is 342. The first-order valence-corrected chi connectivity index (χ1v) is 5.45. The van der Waals surface area contributed by atoms with E-state index in [4.69, 9.17) is 10.5 Å². The molecule has 2 rings (SSSR count). The van der Waals surface area contributed by atoms with Crippen molar-refractivity contribution in [3.63, 3.8) is 0 Å². The third-order valence-corrected chi connectivity index (χ3v) is 2.92. The van der Waals surface area contributed by atoms with Crippen LogP contribution in [-0.2, 0) is 0 Å². The summed E-state index contributed by atoms with van der Waals surface area (Å²) < 4.78 is 32.2. The number of hydrogen-bond acceptors (Lipinski definition) is 2. The maximum atomic E-state index is 13.3. The van der Waals surface area contributed by atoms with Crippen molar-refractivity contribution in [1.29, 1.82) is 0 Å². The first-order valence-electron chi connectivity index (χ1n) is 5.45. The first kappa shape index (κ1) is 11.3. The van der Waals surface area contributed by atoms with Crippen molar-refractivity contribution in [2.24, 2.45) is 5.73 Å². The highest BCUT2D eigenvalue weighted by molar-refractivity contribution is 5.21. The summed E-state index contributed by atoms with van der Waals surface area (Å²) in [6.45, 7) is 0. The molecule has 0 radical (unpaired) electrons. The van der Waals surface area contributed by atoms with Gasteiger partial charge in [0.15, 0.2) is 0 Å². The van der Waals surface area contributed by atoms with E-state index in [1.807, 2.05) is 18.2 Å². The van der Waals surface area contributed by atoms with Gasteiger partial charge in [0.05, 0.1) is 0 Å². The average Bonchev–Trinajstić information content (AvgIpc) is 2.26. The van der Waals surface area contributed by atoms with Crippen molar-refractivity contribution >= 4 is 0 Å². The highest BCUT2D eigenvalue weighted by Gasteiger charge is 2.45. The molecule has 1 aliphatic carbocycles. The third kappa shape index (κ3) is 2.32. The molecule has 0 unspecified atom stereocenters. The summed E-state index contributed by atoms with van der Waals surface area (Å²) in [5, 5.41) is 0. The molecule has 1 aliphatic rings. The van der Waals surface area contributed by atoms with Crippen molar-refractivity contribution in [3.05, 3.63) is 30.3 Å². The molecule has 16 heavy (non-hydrogen) atoms. The maximum Gasteiger partial charge on any atom is 0.266 e. The van der Waals surface area contributed by atoms with Crippen LogP contribution in [0.3, 0.4) is 0 Å². The van der Waals surface area contributed by atoms with E-state index >= 15 is 0 Å². The number of rotatable bonds is 2. The SMILES string of the molecule is N[C@@H]1[C@@H](Oc2ccccc2)CCCC1(F)F. The third-order valence-electron chi connectivity index (χ3n) is 2.92. The zero-order valence-electron chi connectivity index (χ0n) is 8.90. The lowest BCUT2D eigenvalue weighted by atomic mass is 9.89. The molecule has 4 heteroatoms. The van der Waals surface area contributed by atoms with E-state index in [0.717, 1.165) is 0 Å². The van der Waals surface area contributed by atoms with Crippen LogP contribution in [-0.4, -0.2) is 18.1 Å². The number of hydrogen-bond donors (Lipinski definition) is 1. The van der Waals surface area contributed by atoms with Gasteiger partial charge in [-0.15, -0.1) is 0 Å². The first-order chi connectivity index (χ1) is 7.59. The molecule has 0 saturated heterocycles. The van der Waals surface area contributed by atoms with Crippen LogP contribution in [0.1, 0.15) is 19.3 Å². The van der Waals surface area contributed by atoms with E-state index in [2.05, 4.69) is 0 Å². The van der Waals surface area contributed by atoms with Gasteiger partial charge in [-0.3, -0.25) is 0 Å². The molecule has 2 N–H and O–H groups in total. The van der Waals surface area contributed by atoms with E-state index in [9.17, 15) is 8.78 Å². The number of para-hydroxylation sites is 1. The zero-order chi connectivity index (χ0) is 11.6. The standard InChI is InChI=1S/C12H15F2NO/c13-12(14)8-4-7-10(11(12)15)16-9-5-2-1-3-6-9/h1-3,5-6,10-11H,4,7-8,15H2/t10-,11+/m0/s1. The average molecular weight is 227 g/mol. The van der Waals surface area contributed by atoms with E-state index < -0.39 is 18.1 Å². The summed E-state index contributed by atoms with van der Waals surface area (Å²) in [6.07, 6.45) is 0.318. The molecular weight excluding hydrogens is 212 g/mol. The Balaban J connectivity index is 2.05. The van der Waals surface area contributed by atoms with Gasteiger partial charge in [0, 0.05) is 6.42 Å². The van der Waals surface area contributed by atoms with Crippen LogP contribution in [0.15, 0.2) is 30.3 Å². The molecule has 88 valence electrons. The van der Waals surface area contributed by atoms with Gasteiger partial charge in [-0.25, -0.2) is 8.78 Å². The minimum absolute atomic E-state index is 0.136. The molecule has 2 nitrogen and oxygen atoms in total. The molecule has 0 amide bonds. The van der Waals surface area contributed by atoms with Gasteiger partial charge in [-0.1, -0.05) is 18.2 Å². The molecule has 1 aromatic carbocycles.